The summed E-state index contributed by atoms with van der Waals surface area (Å²) in [6.45, 7) is 3.71. The summed E-state index contributed by atoms with van der Waals surface area (Å²) in [5.41, 5.74) is 1.27. The van der Waals surface area contributed by atoms with Gasteiger partial charge >= 0.3 is 0 Å². The number of rotatable bonds is 1. The maximum Gasteiger partial charge on any atom is 0.262 e. The van der Waals surface area contributed by atoms with Gasteiger partial charge in [0.2, 0.25) is 0 Å². The number of imide groups is 1. The lowest BCUT2D eigenvalue weighted by Crippen LogP contribution is -2.57. The Kier molecular flexibility index (Phi) is 2.92. The van der Waals surface area contributed by atoms with Crippen molar-refractivity contribution in [1.82, 2.24) is 10.2 Å². The minimum absolute atomic E-state index is 0.239. The maximum absolute atomic E-state index is 12.4. The monoisotopic (exact) mass is 288 g/mol. The molecule has 2 unspecified atom stereocenters. The van der Waals surface area contributed by atoms with Crippen LogP contribution in [0.2, 0.25) is 0 Å². The van der Waals surface area contributed by atoms with Gasteiger partial charge in [-0.1, -0.05) is 30.9 Å². The molecule has 2 atom stereocenters. The average Bonchev–Trinajstić information content (AvgIpc) is 2.64. The van der Waals surface area contributed by atoms with E-state index in [4.69, 9.17) is 12.2 Å². The molecular formula is C14H12N2O3S. The molecule has 2 amide bonds. The van der Waals surface area contributed by atoms with E-state index in [0.29, 0.717) is 16.8 Å². The molecule has 2 heterocycles. The number of aliphatic hydroxyl groups is 1. The van der Waals surface area contributed by atoms with Crippen molar-refractivity contribution in [2.45, 2.75) is 18.6 Å². The predicted molar refractivity (Wildman–Crippen MR) is 76.2 cm³/mol. The SMILES string of the molecule is C=C1CC(O)C(N2C(=O)c3ccccc3C2=O)C(=S)N1. The van der Waals surface area contributed by atoms with Crippen LogP contribution in [0, 0.1) is 0 Å². The topological polar surface area (TPSA) is 69.6 Å². The number of hydrogen-bond donors (Lipinski definition) is 2. The van der Waals surface area contributed by atoms with Crippen LogP contribution in [-0.2, 0) is 0 Å². The molecule has 0 aliphatic carbocycles. The number of piperidine rings is 1. The average molecular weight is 288 g/mol. The zero-order valence-electron chi connectivity index (χ0n) is 10.5. The van der Waals surface area contributed by atoms with Crippen LogP contribution >= 0.6 is 12.2 Å². The Bertz CT molecular complexity index is 621. The van der Waals surface area contributed by atoms with Crippen molar-refractivity contribution in [1.29, 1.82) is 0 Å². The first-order chi connectivity index (χ1) is 9.50. The zero-order valence-corrected chi connectivity index (χ0v) is 11.3. The van der Waals surface area contributed by atoms with E-state index in [9.17, 15) is 14.7 Å². The molecule has 3 rings (SSSR count). The van der Waals surface area contributed by atoms with Gasteiger partial charge in [0.15, 0.2) is 0 Å². The molecular weight excluding hydrogens is 276 g/mol. The number of nitrogens with one attached hydrogen (secondary N) is 1. The Labute approximate surface area is 120 Å². The fourth-order valence-electron chi connectivity index (χ4n) is 2.59. The number of aliphatic hydroxyl groups excluding tert-OH is 1. The minimum atomic E-state index is -0.932. The Morgan fingerprint density at radius 2 is 1.80 bits per heavy atom. The molecule has 6 heteroatoms. The van der Waals surface area contributed by atoms with Gasteiger partial charge in [0.05, 0.1) is 17.2 Å². The van der Waals surface area contributed by atoms with Crippen molar-refractivity contribution < 1.29 is 14.7 Å². The largest absolute Gasteiger partial charge is 0.390 e. The van der Waals surface area contributed by atoms with Gasteiger partial charge in [0, 0.05) is 12.1 Å². The fraction of sp³-hybridized carbons (Fsp3) is 0.214. The summed E-state index contributed by atoms with van der Waals surface area (Å²) in [6.07, 6.45) is -0.684. The van der Waals surface area contributed by atoms with Gasteiger partial charge in [-0.15, -0.1) is 0 Å². The molecule has 5 nitrogen and oxygen atoms in total. The fourth-order valence-corrected chi connectivity index (χ4v) is 2.99. The van der Waals surface area contributed by atoms with Gasteiger partial charge in [-0.05, 0) is 12.1 Å². The molecule has 1 aromatic carbocycles. The lowest BCUT2D eigenvalue weighted by molar-refractivity contribution is 0.0445. The zero-order chi connectivity index (χ0) is 14.4. The van der Waals surface area contributed by atoms with Gasteiger partial charge in [-0.2, -0.15) is 0 Å². The highest BCUT2D eigenvalue weighted by Crippen LogP contribution is 2.28. The van der Waals surface area contributed by atoms with Crippen molar-refractivity contribution in [3.63, 3.8) is 0 Å². The summed E-state index contributed by atoms with van der Waals surface area (Å²) in [4.78, 5) is 26.0. The summed E-state index contributed by atoms with van der Waals surface area (Å²) in [6, 6.07) is 5.75. The maximum atomic E-state index is 12.4. The van der Waals surface area contributed by atoms with Crippen molar-refractivity contribution in [2.75, 3.05) is 0 Å². The lowest BCUT2D eigenvalue weighted by Gasteiger charge is -2.35. The first kappa shape index (κ1) is 13.0. The van der Waals surface area contributed by atoms with E-state index in [2.05, 4.69) is 11.9 Å². The molecule has 102 valence electrons. The molecule has 0 spiro atoms. The van der Waals surface area contributed by atoms with E-state index in [0.717, 1.165) is 4.90 Å². The number of fused-ring (bicyclic) bond motifs is 1. The van der Waals surface area contributed by atoms with E-state index in [1.54, 1.807) is 24.3 Å². The van der Waals surface area contributed by atoms with Gasteiger partial charge in [-0.25, -0.2) is 0 Å². The van der Waals surface area contributed by atoms with Crippen molar-refractivity contribution in [3.8, 4) is 0 Å². The van der Waals surface area contributed by atoms with Gasteiger partial charge < -0.3 is 10.4 Å². The van der Waals surface area contributed by atoms with E-state index in [1.807, 2.05) is 0 Å². The normalized spacial score (nSPS) is 25.8. The summed E-state index contributed by atoms with van der Waals surface area (Å²) < 4.78 is 0. The molecule has 2 aliphatic heterocycles. The van der Waals surface area contributed by atoms with E-state index in [1.165, 1.54) is 0 Å². The number of amides is 2. The molecule has 1 fully saturated rings. The third-order valence-corrected chi connectivity index (χ3v) is 3.84. The Morgan fingerprint density at radius 3 is 2.30 bits per heavy atom. The van der Waals surface area contributed by atoms with E-state index >= 15 is 0 Å². The first-order valence-corrected chi connectivity index (χ1v) is 6.55. The first-order valence-electron chi connectivity index (χ1n) is 6.14. The van der Waals surface area contributed by atoms with Crippen LogP contribution in [-0.4, -0.2) is 39.0 Å². The smallest absolute Gasteiger partial charge is 0.262 e. The molecule has 1 aromatic rings. The van der Waals surface area contributed by atoms with Crippen LogP contribution in [0.4, 0.5) is 0 Å². The van der Waals surface area contributed by atoms with E-state index < -0.39 is 24.0 Å². The Morgan fingerprint density at radius 1 is 1.25 bits per heavy atom. The summed E-state index contributed by atoms with van der Waals surface area (Å²) in [7, 11) is 0. The van der Waals surface area contributed by atoms with Crippen LogP contribution in [0.15, 0.2) is 36.5 Å². The summed E-state index contributed by atoms with van der Waals surface area (Å²) >= 11 is 5.16. The van der Waals surface area contributed by atoms with Crippen molar-refractivity contribution >= 4 is 29.0 Å². The highest BCUT2D eigenvalue weighted by atomic mass is 32.1. The van der Waals surface area contributed by atoms with Gasteiger partial charge in [0.1, 0.15) is 11.0 Å². The molecule has 0 saturated carbocycles. The molecule has 0 bridgehead atoms. The molecule has 1 saturated heterocycles. The van der Waals surface area contributed by atoms with Crippen LogP contribution < -0.4 is 5.32 Å². The molecule has 20 heavy (non-hydrogen) atoms. The van der Waals surface area contributed by atoms with Gasteiger partial charge in [0.25, 0.3) is 11.8 Å². The lowest BCUT2D eigenvalue weighted by atomic mass is 10.00. The highest BCUT2D eigenvalue weighted by Gasteiger charge is 2.45. The Balaban J connectivity index is 2.00. The number of thiocarbonyl (C=S) groups is 1. The Hall–Kier alpha value is -2.05. The van der Waals surface area contributed by atoms with Crippen molar-refractivity contribution in [3.05, 3.63) is 47.7 Å². The molecule has 0 radical (unpaired) electrons. The number of benzene rings is 1. The predicted octanol–water partition coefficient (Wildman–Crippen LogP) is 0.847. The van der Waals surface area contributed by atoms with Crippen molar-refractivity contribution in [2.24, 2.45) is 0 Å². The second kappa shape index (κ2) is 4.50. The van der Waals surface area contributed by atoms with Crippen LogP contribution in [0.1, 0.15) is 27.1 Å². The second-order valence-electron chi connectivity index (χ2n) is 4.84. The quantitative estimate of drug-likeness (QED) is 0.592. The van der Waals surface area contributed by atoms with E-state index in [-0.39, 0.29) is 11.4 Å². The standard InChI is InChI=1S/C14H12N2O3S/c1-7-6-10(17)11(12(20)15-7)16-13(18)8-4-2-3-5-9(8)14(16)19/h2-5,10-11,17H,1,6H2,(H,15,20). The number of carbonyl (C=O) groups excluding carboxylic acids is 2. The summed E-state index contributed by atoms with van der Waals surface area (Å²) in [5.74, 6) is -0.849. The van der Waals surface area contributed by atoms with Crippen LogP contribution in [0.5, 0.6) is 0 Å². The second-order valence-corrected chi connectivity index (χ2v) is 5.27. The molecule has 2 N–H and O–H groups in total. The number of carbonyl (C=O) groups is 2. The highest BCUT2D eigenvalue weighted by molar-refractivity contribution is 7.80. The number of nitrogens with zero attached hydrogens (tertiary/aromatic N) is 1. The summed E-state index contributed by atoms with van der Waals surface area (Å²) in [5, 5.41) is 13.0. The molecule has 0 aromatic heterocycles. The number of hydrogen-bond acceptors (Lipinski definition) is 4. The minimum Gasteiger partial charge on any atom is -0.390 e. The third-order valence-electron chi connectivity index (χ3n) is 3.49. The van der Waals surface area contributed by atoms with Crippen LogP contribution in [0.3, 0.4) is 0 Å². The van der Waals surface area contributed by atoms with Crippen LogP contribution in [0.25, 0.3) is 0 Å². The van der Waals surface area contributed by atoms with Gasteiger partial charge in [-0.3, -0.25) is 14.5 Å². The molecule has 2 aliphatic rings. The third kappa shape index (κ3) is 1.76.